The second-order valence-corrected chi connectivity index (χ2v) is 13.8. The fourth-order valence-corrected chi connectivity index (χ4v) is 7.89. The molecule has 5 heterocycles. The molecule has 7 rings (SSSR count). The zero-order valence-electron chi connectivity index (χ0n) is 26.4. The molecule has 2 saturated heterocycles. The molecule has 2 aromatic carbocycles. The average molecular weight is 649 g/mol. The summed E-state index contributed by atoms with van der Waals surface area (Å²) >= 11 is 1.25. The van der Waals surface area contributed by atoms with E-state index in [0.29, 0.717) is 35.6 Å². The monoisotopic (exact) mass is 648 g/mol. The van der Waals surface area contributed by atoms with Crippen LogP contribution in [0, 0.1) is 12.3 Å². The van der Waals surface area contributed by atoms with Crippen molar-refractivity contribution in [1.82, 2.24) is 4.98 Å². The maximum Gasteiger partial charge on any atom is 0.345 e. The Morgan fingerprint density at radius 3 is 2.45 bits per heavy atom. The quantitative estimate of drug-likeness (QED) is 0.232. The molecule has 0 aliphatic carbocycles. The van der Waals surface area contributed by atoms with Crippen molar-refractivity contribution in [3.05, 3.63) is 105 Å². The first kappa shape index (κ1) is 30.8. The Morgan fingerprint density at radius 2 is 1.72 bits per heavy atom. The number of aromatic carboxylic acids is 1. The molecule has 1 spiro atoms. The van der Waals surface area contributed by atoms with E-state index >= 15 is 0 Å². The van der Waals surface area contributed by atoms with Gasteiger partial charge in [-0.2, -0.15) is 0 Å². The Kier molecular flexibility index (Phi) is 8.15. The van der Waals surface area contributed by atoms with Crippen molar-refractivity contribution in [2.45, 2.75) is 33.1 Å². The maximum atomic E-state index is 14.0. The molecular formula is C37H36N4O5S. The lowest BCUT2D eigenvalue weighted by molar-refractivity contribution is -0.000512. The summed E-state index contributed by atoms with van der Waals surface area (Å²) in [7, 11) is 0. The number of ether oxygens (including phenoxy) is 1. The van der Waals surface area contributed by atoms with Gasteiger partial charge in [-0.15, -0.1) is 11.3 Å². The molecule has 0 atom stereocenters. The van der Waals surface area contributed by atoms with Gasteiger partial charge in [-0.1, -0.05) is 18.2 Å². The number of carbonyl (C=O) groups excluding carboxylic acids is 2. The highest BCUT2D eigenvalue weighted by Gasteiger charge is 2.45. The number of para-hydroxylation sites is 1. The molecule has 240 valence electrons. The van der Waals surface area contributed by atoms with Crippen LogP contribution < -0.4 is 15.1 Å². The van der Waals surface area contributed by atoms with Gasteiger partial charge < -0.3 is 25.0 Å². The minimum Gasteiger partial charge on any atom is -0.477 e. The van der Waals surface area contributed by atoms with Gasteiger partial charge in [0.15, 0.2) is 0 Å². The lowest BCUT2D eigenvalue weighted by Crippen LogP contribution is -2.59. The molecule has 0 unspecified atom stereocenters. The summed E-state index contributed by atoms with van der Waals surface area (Å²) in [5.74, 6) is -0.632. The number of benzene rings is 2. The summed E-state index contributed by atoms with van der Waals surface area (Å²) in [6, 6.07) is 20.2. The van der Waals surface area contributed by atoms with Crippen LogP contribution in [-0.4, -0.2) is 60.7 Å². The Balaban J connectivity index is 1.07. The number of pyridine rings is 1. The van der Waals surface area contributed by atoms with E-state index < -0.39 is 5.97 Å². The standard InChI is InChI=1S/C37H36N4O5S/c1-23-19-29(33(38-20-23)40-21-37(22-40)14-17-46-18-15-37)34(42)39-26-9-7-25(8-10-26)35(43)41-16-13-28(31-11-12-32(47-31)36(44)45)24(2)27-5-3-4-6-30(27)41/h3-12,19-20H,13-18,21-22H2,1-2H3,(H,39,42)(H,44,45). The summed E-state index contributed by atoms with van der Waals surface area (Å²) in [6.07, 6.45) is 4.45. The van der Waals surface area contributed by atoms with Crippen LogP contribution >= 0.6 is 11.3 Å². The minimum absolute atomic E-state index is 0.147. The van der Waals surface area contributed by atoms with Crippen LogP contribution in [-0.2, 0) is 4.74 Å². The molecule has 10 heteroatoms. The predicted molar refractivity (Wildman–Crippen MR) is 185 cm³/mol. The van der Waals surface area contributed by atoms with Gasteiger partial charge in [-0.05, 0) is 98.4 Å². The fourth-order valence-electron chi connectivity index (χ4n) is 6.92. The molecule has 3 aliphatic rings. The van der Waals surface area contributed by atoms with Gasteiger partial charge in [0, 0.05) is 66.2 Å². The average Bonchev–Trinajstić information content (AvgIpc) is 3.51. The topological polar surface area (TPSA) is 112 Å². The van der Waals surface area contributed by atoms with E-state index in [1.807, 2.05) is 50.2 Å². The van der Waals surface area contributed by atoms with Crippen LogP contribution in [0.3, 0.4) is 0 Å². The van der Waals surface area contributed by atoms with Gasteiger partial charge in [0.1, 0.15) is 10.7 Å². The van der Waals surface area contributed by atoms with E-state index in [-0.39, 0.29) is 22.1 Å². The number of carboxylic acid groups (broad SMARTS) is 1. The van der Waals surface area contributed by atoms with Gasteiger partial charge >= 0.3 is 5.97 Å². The van der Waals surface area contributed by atoms with Crippen molar-refractivity contribution in [2.24, 2.45) is 5.41 Å². The number of anilines is 3. The number of hydrogen-bond acceptors (Lipinski definition) is 7. The summed E-state index contributed by atoms with van der Waals surface area (Å²) < 4.78 is 5.56. The summed E-state index contributed by atoms with van der Waals surface area (Å²) in [5, 5.41) is 12.5. The van der Waals surface area contributed by atoms with Crippen LogP contribution in [0.25, 0.3) is 11.1 Å². The van der Waals surface area contributed by atoms with Gasteiger partial charge in [0.2, 0.25) is 0 Å². The number of nitrogens with one attached hydrogen (secondary N) is 1. The molecule has 9 nitrogen and oxygen atoms in total. The number of nitrogens with zero attached hydrogens (tertiary/aromatic N) is 3. The van der Waals surface area contributed by atoms with Gasteiger partial charge in [0.25, 0.3) is 11.8 Å². The number of hydrogen-bond donors (Lipinski definition) is 2. The third kappa shape index (κ3) is 5.94. The number of aromatic nitrogens is 1. The lowest BCUT2D eigenvalue weighted by Gasteiger charge is -2.53. The van der Waals surface area contributed by atoms with Crippen LogP contribution in [0.4, 0.5) is 17.2 Å². The predicted octanol–water partition coefficient (Wildman–Crippen LogP) is 7.00. The molecular weight excluding hydrogens is 612 g/mol. The van der Waals surface area contributed by atoms with Crippen LogP contribution in [0.2, 0.25) is 0 Å². The smallest absolute Gasteiger partial charge is 0.345 e. The molecule has 2 fully saturated rings. The van der Waals surface area contributed by atoms with Crippen molar-refractivity contribution in [3.8, 4) is 0 Å². The van der Waals surface area contributed by atoms with Gasteiger partial charge in [0.05, 0.1) is 11.3 Å². The SMILES string of the molecule is CC1=C(c2ccc(C(=O)O)s2)CCN(C(=O)c2ccc(NC(=O)c3cc(C)cnc3N3CC4(CCOCC4)C3)cc2)c2ccccc21. The highest BCUT2D eigenvalue weighted by Crippen LogP contribution is 2.43. The molecule has 2 N–H and O–H groups in total. The summed E-state index contributed by atoms with van der Waals surface area (Å²) in [6.45, 7) is 7.71. The van der Waals surface area contributed by atoms with Gasteiger partial charge in [-0.25, -0.2) is 9.78 Å². The third-order valence-corrected chi connectivity index (χ3v) is 10.7. The number of rotatable bonds is 6. The molecule has 2 amide bonds. The van der Waals surface area contributed by atoms with E-state index in [9.17, 15) is 19.5 Å². The Morgan fingerprint density at radius 1 is 0.979 bits per heavy atom. The molecule has 0 radical (unpaired) electrons. The van der Waals surface area contributed by atoms with Gasteiger partial charge in [-0.3, -0.25) is 9.59 Å². The number of amides is 2. The highest BCUT2D eigenvalue weighted by molar-refractivity contribution is 7.15. The van der Waals surface area contributed by atoms with Crippen molar-refractivity contribution in [3.63, 3.8) is 0 Å². The van der Waals surface area contributed by atoms with Crippen molar-refractivity contribution in [1.29, 1.82) is 0 Å². The van der Waals surface area contributed by atoms with Crippen LogP contribution in [0.1, 0.15) is 72.6 Å². The molecule has 3 aliphatic heterocycles. The Hall–Kier alpha value is -4.80. The Labute approximate surface area is 277 Å². The number of fused-ring (bicyclic) bond motifs is 1. The zero-order valence-corrected chi connectivity index (χ0v) is 27.2. The molecule has 0 saturated carbocycles. The highest BCUT2D eigenvalue weighted by atomic mass is 32.1. The maximum absolute atomic E-state index is 14.0. The minimum atomic E-state index is -0.944. The van der Waals surface area contributed by atoms with E-state index in [2.05, 4.69) is 15.2 Å². The number of carboxylic acids is 1. The summed E-state index contributed by atoms with van der Waals surface area (Å²) in [5.41, 5.74) is 6.60. The summed E-state index contributed by atoms with van der Waals surface area (Å²) in [4.78, 5) is 48.8. The molecule has 0 bridgehead atoms. The molecule has 4 aromatic rings. The number of aryl methyl sites for hydroxylation is 1. The first-order valence-electron chi connectivity index (χ1n) is 15.9. The second kappa shape index (κ2) is 12.4. The number of allylic oxidation sites excluding steroid dienone is 1. The molecule has 2 aromatic heterocycles. The Bertz CT molecular complexity index is 1900. The number of carbonyl (C=O) groups is 3. The third-order valence-electron chi connectivity index (χ3n) is 9.54. The van der Waals surface area contributed by atoms with Crippen molar-refractivity contribution >= 4 is 57.5 Å². The van der Waals surface area contributed by atoms with E-state index in [1.54, 1.807) is 41.4 Å². The van der Waals surface area contributed by atoms with Crippen molar-refractivity contribution in [2.75, 3.05) is 48.0 Å². The van der Waals surface area contributed by atoms with E-state index in [4.69, 9.17) is 4.74 Å². The first-order chi connectivity index (χ1) is 22.7. The lowest BCUT2D eigenvalue weighted by atomic mass is 9.73. The number of thiophene rings is 1. The van der Waals surface area contributed by atoms with Crippen LogP contribution in [0.5, 0.6) is 0 Å². The molecule has 47 heavy (non-hydrogen) atoms. The van der Waals surface area contributed by atoms with Crippen LogP contribution in [0.15, 0.2) is 72.9 Å². The fraction of sp³-hybridized carbons (Fsp3) is 0.297. The second-order valence-electron chi connectivity index (χ2n) is 12.7. The zero-order chi connectivity index (χ0) is 32.7. The largest absolute Gasteiger partial charge is 0.477 e. The van der Waals surface area contributed by atoms with Crippen molar-refractivity contribution < 1.29 is 24.2 Å². The normalized spacial score (nSPS) is 17.1. The van der Waals surface area contributed by atoms with E-state index in [1.165, 1.54) is 11.3 Å². The van der Waals surface area contributed by atoms with E-state index in [0.717, 1.165) is 72.0 Å². The first-order valence-corrected chi connectivity index (χ1v) is 16.7.